The summed E-state index contributed by atoms with van der Waals surface area (Å²) in [5.41, 5.74) is 3.96. The summed E-state index contributed by atoms with van der Waals surface area (Å²) < 4.78 is 48.4. The van der Waals surface area contributed by atoms with Crippen molar-refractivity contribution in [2.75, 3.05) is 25.2 Å². The molecule has 1 heterocycles. The van der Waals surface area contributed by atoms with E-state index in [2.05, 4.69) is 10.9 Å². The molecule has 1 aliphatic heterocycles. The van der Waals surface area contributed by atoms with E-state index in [4.69, 9.17) is 9.47 Å². The van der Waals surface area contributed by atoms with Crippen molar-refractivity contribution in [3.8, 4) is 11.5 Å². The number of anilines is 1. The van der Waals surface area contributed by atoms with Crippen LogP contribution in [0.4, 0.5) is 18.9 Å². The van der Waals surface area contributed by atoms with Gasteiger partial charge in [0.05, 0.1) is 24.3 Å². The third-order valence-corrected chi connectivity index (χ3v) is 4.73. The minimum absolute atomic E-state index is 0.0551. The van der Waals surface area contributed by atoms with Gasteiger partial charge in [0.15, 0.2) is 6.61 Å². The largest absolute Gasteiger partial charge is 0.495 e. The van der Waals surface area contributed by atoms with Crippen LogP contribution in [0.3, 0.4) is 0 Å². The van der Waals surface area contributed by atoms with E-state index in [9.17, 15) is 27.6 Å². The van der Waals surface area contributed by atoms with Gasteiger partial charge in [-0.3, -0.25) is 25.2 Å². The van der Waals surface area contributed by atoms with Crippen LogP contribution in [0, 0.1) is 5.92 Å². The monoisotopic (exact) mass is 451 g/mol. The molecule has 1 fully saturated rings. The number of hydrogen-bond acceptors (Lipinski definition) is 5. The SMILES string of the molecule is COc1ccccc1N1CC(C(=O)NNC(=O)COc2cccc(C(F)(F)F)c2)CC1=O. The van der Waals surface area contributed by atoms with Crippen LogP contribution in [-0.2, 0) is 20.6 Å². The van der Waals surface area contributed by atoms with Crippen LogP contribution in [0.5, 0.6) is 11.5 Å². The normalized spacial score (nSPS) is 15.9. The minimum Gasteiger partial charge on any atom is -0.495 e. The molecule has 3 amide bonds. The average Bonchev–Trinajstić information content (AvgIpc) is 3.17. The fourth-order valence-corrected chi connectivity index (χ4v) is 3.15. The molecule has 11 heteroatoms. The molecule has 0 spiro atoms. The van der Waals surface area contributed by atoms with Gasteiger partial charge in [0, 0.05) is 13.0 Å². The van der Waals surface area contributed by atoms with Crippen molar-refractivity contribution < 1.29 is 37.0 Å². The Kier molecular flexibility index (Phi) is 6.86. The maximum absolute atomic E-state index is 12.7. The summed E-state index contributed by atoms with van der Waals surface area (Å²) in [5.74, 6) is -1.99. The van der Waals surface area contributed by atoms with Crippen LogP contribution < -0.4 is 25.2 Å². The molecule has 8 nitrogen and oxygen atoms in total. The predicted molar refractivity (Wildman–Crippen MR) is 107 cm³/mol. The highest BCUT2D eigenvalue weighted by molar-refractivity contribution is 6.01. The lowest BCUT2D eigenvalue weighted by atomic mass is 10.1. The van der Waals surface area contributed by atoms with Gasteiger partial charge in [-0.25, -0.2) is 0 Å². The number of nitrogens with one attached hydrogen (secondary N) is 2. The number of nitrogens with zero attached hydrogens (tertiary/aromatic N) is 1. The first kappa shape index (κ1) is 22.9. The van der Waals surface area contributed by atoms with Gasteiger partial charge in [0.25, 0.3) is 5.91 Å². The number of methoxy groups -OCH3 is 1. The Labute approximate surface area is 181 Å². The van der Waals surface area contributed by atoms with Crippen molar-refractivity contribution in [1.29, 1.82) is 0 Å². The standard InChI is InChI=1S/C21H20F3N3O5/c1-31-17-8-3-2-7-16(17)27-11-13(9-19(27)29)20(30)26-25-18(28)12-32-15-6-4-5-14(10-15)21(22,23)24/h2-8,10,13H,9,11-12H2,1H3,(H,25,28)(H,26,30). The third kappa shape index (κ3) is 5.48. The number of ether oxygens (including phenoxy) is 2. The van der Waals surface area contributed by atoms with E-state index >= 15 is 0 Å². The van der Waals surface area contributed by atoms with Crippen molar-refractivity contribution in [2.45, 2.75) is 12.6 Å². The molecule has 0 aromatic heterocycles. The second-order valence-electron chi connectivity index (χ2n) is 6.93. The molecule has 1 unspecified atom stereocenters. The summed E-state index contributed by atoms with van der Waals surface area (Å²) >= 11 is 0. The van der Waals surface area contributed by atoms with Crippen molar-refractivity contribution in [2.24, 2.45) is 5.92 Å². The topological polar surface area (TPSA) is 97.0 Å². The zero-order chi connectivity index (χ0) is 23.3. The molecule has 2 aromatic rings. The van der Waals surface area contributed by atoms with Gasteiger partial charge in [-0.2, -0.15) is 13.2 Å². The van der Waals surface area contributed by atoms with Gasteiger partial charge >= 0.3 is 6.18 Å². The maximum atomic E-state index is 12.7. The number of para-hydroxylation sites is 2. The second kappa shape index (κ2) is 9.58. The van der Waals surface area contributed by atoms with E-state index in [1.165, 1.54) is 18.1 Å². The molecular weight excluding hydrogens is 431 g/mol. The molecule has 0 saturated carbocycles. The Morgan fingerprint density at radius 3 is 2.59 bits per heavy atom. The summed E-state index contributed by atoms with van der Waals surface area (Å²) in [6.45, 7) is -0.514. The van der Waals surface area contributed by atoms with Gasteiger partial charge in [-0.05, 0) is 30.3 Å². The highest BCUT2D eigenvalue weighted by Gasteiger charge is 2.36. The number of alkyl halides is 3. The highest BCUT2D eigenvalue weighted by Crippen LogP contribution is 2.33. The maximum Gasteiger partial charge on any atom is 0.416 e. The fourth-order valence-electron chi connectivity index (χ4n) is 3.15. The van der Waals surface area contributed by atoms with E-state index < -0.39 is 36.1 Å². The van der Waals surface area contributed by atoms with Gasteiger partial charge in [-0.1, -0.05) is 18.2 Å². The fraction of sp³-hybridized carbons (Fsp3) is 0.286. The van der Waals surface area contributed by atoms with Crippen molar-refractivity contribution in [3.63, 3.8) is 0 Å². The Morgan fingerprint density at radius 1 is 1.12 bits per heavy atom. The highest BCUT2D eigenvalue weighted by atomic mass is 19.4. The van der Waals surface area contributed by atoms with Crippen LogP contribution in [0.15, 0.2) is 48.5 Å². The van der Waals surface area contributed by atoms with Gasteiger partial charge in [0.1, 0.15) is 11.5 Å². The summed E-state index contributed by atoms with van der Waals surface area (Å²) in [5, 5.41) is 0. The van der Waals surface area contributed by atoms with E-state index in [1.807, 2.05) is 0 Å². The summed E-state index contributed by atoms with van der Waals surface area (Å²) in [4.78, 5) is 38.0. The molecule has 0 aliphatic carbocycles. The molecule has 0 bridgehead atoms. The van der Waals surface area contributed by atoms with E-state index in [1.54, 1.807) is 24.3 Å². The number of carbonyl (C=O) groups excluding carboxylic acids is 3. The Morgan fingerprint density at radius 2 is 1.88 bits per heavy atom. The number of amides is 3. The van der Waals surface area contributed by atoms with Crippen LogP contribution in [-0.4, -0.2) is 38.0 Å². The van der Waals surface area contributed by atoms with Crippen LogP contribution in [0.25, 0.3) is 0 Å². The van der Waals surface area contributed by atoms with Gasteiger partial charge in [-0.15, -0.1) is 0 Å². The Hall–Kier alpha value is -3.76. The smallest absolute Gasteiger partial charge is 0.416 e. The van der Waals surface area contributed by atoms with E-state index in [0.717, 1.165) is 18.2 Å². The molecule has 1 aliphatic rings. The molecular formula is C21H20F3N3O5. The van der Waals surface area contributed by atoms with Crippen molar-refractivity contribution in [3.05, 3.63) is 54.1 Å². The number of carbonyl (C=O) groups is 3. The molecule has 1 atom stereocenters. The Bertz CT molecular complexity index is 1010. The lowest BCUT2D eigenvalue weighted by Crippen LogP contribution is -2.46. The quantitative estimate of drug-likeness (QED) is 0.657. The van der Waals surface area contributed by atoms with Crippen molar-refractivity contribution in [1.82, 2.24) is 10.9 Å². The average molecular weight is 451 g/mol. The van der Waals surface area contributed by atoms with Crippen molar-refractivity contribution >= 4 is 23.4 Å². The molecule has 1 saturated heterocycles. The molecule has 3 rings (SSSR count). The second-order valence-corrected chi connectivity index (χ2v) is 6.93. The third-order valence-electron chi connectivity index (χ3n) is 4.73. The molecule has 170 valence electrons. The first-order valence-electron chi connectivity index (χ1n) is 9.51. The number of benzene rings is 2. The van der Waals surface area contributed by atoms with Gasteiger partial charge in [0.2, 0.25) is 11.8 Å². The molecule has 0 radical (unpaired) electrons. The predicted octanol–water partition coefficient (Wildman–Crippen LogP) is 2.29. The number of hydrazine groups is 1. The zero-order valence-corrected chi connectivity index (χ0v) is 16.9. The lowest BCUT2D eigenvalue weighted by Gasteiger charge is -2.19. The molecule has 32 heavy (non-hydrogen) atoms. The van der Waals surface area contributed by atoms with Crippen LogP contribution in [0.2, 0.25) is 0 Å². The molecule has 2 aromatic carbocycles. The molecule has 2 N–H and O–H groups in total. The number of hydrogen-bond donors (Lipinski definition) is 2. The van der Waals surface area contributed by atoms with Gasteiger partial charge < -0.3 is 14.4 Å². The zero-order valence-electron chi connectivity index (χ0n) is 16.9. The minimum atomic E-state index is -4.54. The lowest BCUT2D eigenvalue weighted by molar-refractivity contribution is -0.137. The number of halogens is 3. The summed E-state index contributed by atoms with van der Waals surface area (Å²) in [7, 11) is 1.47. The van der Waals surface area contributed by atoms with Crippen LogP contribution in [0.1, 0.15) is 12.0 Å². The number of rotatable bonds is 6. The first-order chi connectivity index (χ1) is 15.2. The Balaban J connectivity index is 1.49. The summed E-state index contributed by atoms with van der Waals surface area (Å²) in [6, 6.07) is 11.0. The van der Waals surface area contributed by atoms with E-state index in [0.29, 0.717) is 11.4 Å². The van der Waals surface area contributed by atoms with E-state index in [-0.39, 0.29) is 24.6 Å². The first-order valence-corrected chi connectivity index (χ1v) is 9.51. The summed E-state index contributed by atoms with van der Waals surface area (Å²) in [6.07, 6.45) is -4.59. The van der Waals surface area contributed by atoms with Crippen LogP contribution >= 0.6 is 0 Å².